The van der Waals surface area contributed by atoms with Gasteiger partial charge in [0, 0.05) is 18.3 Å². The van der Waals surface area contributed by atoms with Crippen LogP contribution in [0.15, 0.2) is 84.0 Å². The molecule has 0 saturated carbocycles. The summed E-state index contributed by atoms with van der Waals surface area (Å²) in [7, 11) is -3.82. The van der Waals surface area contributed by atoms with Crippen molar-refractivity contribution >= 4 is 15.7 Å². The summed E-state index contributed by atoms with van der Waals surface area (Å²) in [5.74, 6) is -2.20. The van der Waals surface area contributed by atoms with Crippen LogP contribution >= 0.6 is 0 Å². The lowest BCUT2D eigenvalue weighted by atomic mass is 10.1. The van der Waals surface area contributed by atoms with E-state index in [0.29, 0.717) is 16.8 Å². The van der Waals surface area contributed by atoms with E-state index < -0.39 is 33.8 Å². The van der Waals surface area contributed by atoms with Crippen molar-refractivity contribution in [2.24, 2.45) is 0 Å². The number of nitrogens with zero attached hydrogens (tertiary/aromatic N) is 1. The zero-order valence-corrected chi connectivity index (χ0v) is 18.8. The zero-order valence-electron chi connectivity index (χ0n) is 18.0. The van der Waals surface area contributed by atoms with Gasteiger partial charge in [-0.2, -0.15) is 0 Å². The van der Waals surface area contributed by atoms with Crippen LogP contribution in [0.2, 0.25) is 0 Å². The summed E-state index contributed by atoms with van der Waals surface area (Å²) >= 11 is 0. The Bertz CT molecular complexity index is 1310. The topological polar surface area (TPSA) is 97.4 Å². The van der Waals surface area contributed by atoms with Gasteiger partial charge < -0.3 is 15.4 Å². The highest BCUT2D eigenvalue weighted by Gasteiger charge is 2.31. The third-order valence-corrected chi connectivity index (χ3v) is 6.10. The van der Waals surface area contributed by atoms with Crippen molar-refractivity contribution in [3.05, 3.63) is 90.5 Å². The molecule has 3 rings (SSSR count). The number of aromatic nitrogens is 1. The van der Waals surface area contributed by atoms with E-state index in [4.69, 9.17) is 0 Å². The van der Waals surface area contributed by atoms with Crippen molar-refractivity contribution in [2.75, 3.05) is 5.88 Å². The first-order valence-corrected chi connectivity index (χ1v) is 11.6. The highest BCUT2D eigenvalue weighted by Crippen LogP contribution is 2.26. The third-order valence-electron chi connectivity index (χ3n) is 4.58. The van der Waals surface area contributed by atoms with E-state index in [1.807, 2.05) is 0 Å². The number of carbonyl (C=O) groups is 1. The number of hydrogen-bond acceptors (Lipinski definition) is 6. The lowest BCUT2D eigenvalue weighted by molar-refractivity contribution is -0.274. The normalized spacial score (nSPS) is 11.5. The fourth-order valence-corrected chi connectivity index (χ4v) is 3.93. The molecule has 2 aromatic carbocycles. The van der Waals surface area contributed by atoms with Crippen molar-refractivity contribution in [1.82, 2.24) is 15.6 Å². The summed E-state index contributed by atoms with van der Waals surface area (Å²) in [6, 6.07) is 12.7. The van der Waals surface area contributed by atoms with Crippen LogP contribution in [0, 0.1) is 5.82 Å². The van der Waals surface area contributed by atoms with Gasteiger partial charge in [-0.1, -0.05) is 6.58 Å². The van der Waals surface area contributed by atoms with Crippen LogP contribution in [0.4, 0.5) is 17.6 Å². The largest absolute Gasteiger partial charge is 0.573 e. The molecular formula is C23H19F4N3O4S. The smallest absolute Gasteiger partial charge is 0.406 e. The monoisotopic (exact) mass is 509 g/mol. The molecule has 7 nitrogen and oxygen atoms in total. The van der Waals surface area contributed by atoms with Crippen molar-refractivity contribution in [2.45, 2.75) is 17.8 Å². The van der Waals surface area contributed by atoms with Gasteiger partial charge in [-0.05, 0) is 66.2 Å². The molecule has 0 radical (unpaired) electrons. The summed E-state index contributed by atoms with van der Waals surface area (Å²) in [5, 5.41) is 5.02. The molecule has 1 aromatic heterocycles. The number of benzene rings is 2. The highest BCUT2D eigenvalue weighted by atomic mass is 32.2. The lowest BCUT2D eigenvalue weighted by Crippen LogP contribution is -2.33. The quantitative estimate of drug-likeness (QED) is 0.258. The number of pyridine rings is 1. The fourth-order valence-electron chi connectivity index (χ4n) is 2.85. The van der Waals surface area contributed by atoms with E-state index in [2.05, 4.69) is 26.9 Å². The minimum Gasteiger partial charge on any atom is -0.406 e. The predicted molar refractivity (Wildman–Crippen MR) is 119 cm³/mol. The maximum atomic E-state index is 13.0. The molecule has 0 unspecified atom stereocenters. The maximum Gasteiger partial charge on any atom is 0.573 e. The molecule has 12 heteroatoms. The van der Waals surface area contributed by atoms with Crippen LogP contribution in [0.25, 0.3) is 11.3 Å². The number of sulfone groups is 1. The molecule has 0 saturated heterocycles. The van der Waals surface area contributed by atoms with E-state index in [9.17, 15) is 30.8 Å². The van der Waals surface area contributed by atoms with Crippen LogP contribution in [0.1, 0.15) is 5.56 Å². The zero-order chi connectivity index (χ0) is 25.6. The molecule has 0 atom stereocenters. The molecular weight excluding hydrogens is 490 g/mol. The van der Waals surface area contributed by atoms with E-state index in [1.54, 1.807) is 12.1 Å². The Kier molecular flexibility index (Phi) is 7.75. The summed E-state index contributed by atoms with van der Waals surface area (Å²) in [5.41, 5.74) is 1.43. The first-order chi connectivity index (χ1) is 16.4. The molecule has 184 valence electrons. The van der Waals surface area contributed by atoms with Crippen LogP contribution in [0.5, 0.6) is 5.75 Å². The first kappa shape index (κ1) is 25.7. The predicted octanol–water partition coefficient (Wildman–Crippen LogP) is 3.94. The summed E-state index contributed by atoms with van der Waals surface area (Å²) in [6.45, 7) is 3.58. The first-order valence-electron chi connectivity index (χ1n) is 9.93. The number of amides is 1. The van der Waals surface area contributed by atoms with E-state index >= 15 is 0 Å². The van der Waals surface area contributed by atoms with E-state index in [-0.39, 0.29) is 22.9 Å². The Balaban J connectivity index is 1.55. The van der Waals surface area contributed by atoms with Gasteiger partial charge in [0.2, 0.25) is 0 Å². The molecule has 0 aliphatic heterocycles. The van der Waals surface area contributed by atoms with Gasteiger partial charge in [-0.25, -0.2) is 12.8 Å². The van der Waals surface area contributed by atoms with Gasteiger partial charge >= 0.3 is 6.36 Å². The van der Waals surface area contributed by atoms with Crippen molar-refractivity contribution in [1.29, 1.82) is 0 Å². The van der Waals surface area contributed by atoms with E-state index in [0.717, 1.165) is 36.4 Å². The average molecular weight is 509 g/mol. The minimum atomic E-state index is -4.79. The highest BCUT2D eigenvalue weighted by molar-refractivity contribution is 7.91. The Morgan fingerprint density at radius 2 is 1.66 bits per heavy atom. The fraction of sp³-hybridized carbons (Fsp3) is 0.130. The molecule has 0 aliphatic carbocycles. The molecule has 1 amide bonds. The molecule has 35 heavy (non-hydrogen) atoms. The van der Waals surface area contributed by atoms with Crippen molar-refractivity contribution < 1.29 is 35.5 Å². The number of ether oxygens (including phenoxy) is 1. The Morgan fingerprint density at radius 3 is 2.29 bits per heavy atom. The van der Waals surface area contributed by atoms with Gasteiger partial charge in [-0.15, -0.1) is 13.2 Å². The van der Waals surface area contributed by atoms with Crippen LogP contribution < -0.4 is 15.4 Å². The second kappa shape index (κ2) is 10.6. The molecule has 3 aromatic rings. The van der Waals surface area contributed by atoms with Crippen LogP contribution in [-0.2, 0) is 21.2 Å². The number of alkyl halides is 3. The van der Waals surface area contributed by atoms with Crippen LogP contribution in [0.3, 0.4) is 0 Å². The number of carbonyl (C=O) groups excluding carboxylic acids is 1. The second-order valence-corrected chi connectivity index (χ2v) is 9.16. The maximum absolute atomic E-state index is 13.0. The van der Waals surface area contributed by atoms with Gasteiger partial charge in [0.25, 0.3) is 5.91 Å². The number of rotatable bonds is 9. The van der Waals surface area contributed by atoms with Crippen LogP contribution in [-0.4, -0.2) is 31.5 Å². The molecule has 0 bridgehead atoms. The second-order valence-electron chi connectivity index (χ2n) is 7.17. The van der Waals surface area contributed by atoms with Gasteiger partial charge in [0.1, 0.15) is 17.4 Å². The molecule has 1 heterocycles. The van der Waals surface area contributed by atoms with Gasteiger partial charge in [0.15, 0.2) is 9.84 Å². The van der Waals surface area contributed by atoms with E-state index in [1.165, 1.54) is 18.3 Å². The molecule has 0 aliphatic rings. The van der Waals surface area contributed by atoms with Crippen molar-refractivity contribution in [3.8, 4) is 17.0 Å². The SMILES string of the molecule is C=C(NCS(=O)(=O)c1ccc(F)cc1)C(=O)NCc1ccnc(-c2ccc(OC(F)(F)F)cc2)c1. The Labute approximate surface area is 198 Å². The van der Waals surface area contributed by atoms with Crippen molar-refractivity contribution in [3.63, 3.8) is 0 Å². The molecule has 0 spiro atoms. The summed E-state index contributed by atoms with van der Waals surface area (Å²) in [6.07, 6.45) is -3.32. The molecule has 2 N–H and O–H groups in total. The number of hydrogen-bond donors (Lipinski definition) is 2. The van der Waals surface area contributed by atoms with Gasteiger partial charge in [-0.3, -0.25) is 9.78 Å². The average Bonchev–Trinajstić information content (AvgIpc) is 2.81. The number of nitrogens with one attached hydrogen (secondary N) is 2. The Hall–Kier alpha value is -3.93. The van der Waals surface area contributed by atoms with Gasteiger partial charge in [0.05, 0.1) is 16.3 Å². The summed E-state index contributed by atoms with van der Waals surface area (Å²) < 4.78 is 78.3. The Morgan fingerprint density at radius 1 is 1.00 bits per heavy atom. The lowest BCUT2D eigenvalue weighted by Gasteiger charge is -2.12. The third kappa shape index (κ3) is 7.54. The molecule has 0 fully saturated rings. The standard InChI is InChI=1S/C23H19F4N3O4S/c1-15(30-14-35(32,33)20-8-4-18(24)5-9-20)22(31)29-13-16-10-11-28-21(12-16)17-2-6-19(7-3-17)34-23(25,26)27/h2-12,30H,1,13-14H2,(H,29,31). The minimum absolute atomic E-state index is 0.0506. The number of halogens is 4. The summed E-state index contributed by atoms with van der Waals surface area (Å²) in [4.78, 5) is 16.3.